The third-order valence-corrected chi connectivity index (χ3v) is 5.10. The highest BCUT2D eigenvalue weighted by atomic mass is 127. The quantitative estimate of drug-likeness (QED) is 0.299. The van der Waals surface area contributed by atoms with Gasteiger partial charge in [0.15, 0.2) is 9.58 Å². The molecule has 1 aromatic carbocycles. The Morgan fingerprint density at radius 2 is 1.61 bits per heavy atom. The van der Waals surface area contributed by atoms with Gasteiger partial charge in [-0.1, -0.05) is 31.9 Å². The molecule has 0 N–H and O–H groups in total. The Balaban J connectivity index is 0.000000463. The highest BCUT2D eigenvalue weighted by molar-refractivity contribution is 7.38. The normalized spacial score (nSPS) is 13.0. The van der Waals surface area contributed by atoms with E-state index >= 15 is 0 Å². The molecule has 0 bridgehead atoms. The molecule has 0 spiro atoms. The van der Waals surface area contributed by atoms with Gasteiger partial charge in [-0.05, 0) is 18.6 Å². The van der Waals surface area contributed by atoms with Gasteiger partial charge >= 0.3 is 5.51 Å². The molecule has 1 heterocycles. The smallest absolute Gasteiger partial charge is 0.286 e. The molecule has 1 unspecified atom stereocenters. The van der Waals surface area contributed by atoms with E-state index in [4.69, 9.17) is 13.7 Å². The molecule has 0 saturated carbocycles. The summed E-state index contributed by atoms with van der Waals surface area (Å²) in [6.45, 7) is 2.06. The fourth-order valence-corrected chi connectivity index (χ4v) is 4.16. The lowest BCUT2D eigenvalue weighted by Gasteiger charge is -2.08. The number of hydrogen-bond donors (Lipinski definition) is 0. The molecule has 0 radical (unpaired) electrons. The third kappa shape index (κ3) is 7.31. The summed E-state index contributed by atoms with van der Waals surface area (Å²) < 4.78 is 74.4. The van der Waals surface area contributed by atoms with Crippen LogP contribution in [0, 0.1) is 0 Å². The van der Waals surface area contributed by atoms with E-state index in [-0.39, 0.29) is 0 Å². The second-order valence-corrected chi connectivity index (χ2v) is 8.93. The van der Waals surface area contributed by atoms with Crippen LogP contribution >= 0.6 is 10.5 Å². The minimum absolute atomic E-state index is 0.441. The molecule has 2 rings (SSSR count). The summed E-state index contributed by atoms with van der Waals surface area (Å²) in [7, 11) is -1.70. The second kappa shape index (κ2) is 8.58. The number of unbranched alkanes of at least 4 members (excludes halogenated alkanes) is 2. The first-order chi connectivity index (χ1) is 10.5. The van der Waals surface area contributed by atoms with Crippen molar-refractivity contribution < 1.29 is 47.0 Å². The number of alkyl halides is 3. The molecule has 130 valence electrons. The summed E-state index contributed by atoms with van der Waals surface area (Å²) >= 11 is -5.94. The van der Waals surface area contributed by atoms with Gasteiger partial charge in [-0.2, -0.15) is 0 Å². The zero-order valence-corrected chi connectivity index (χ0v) is 15.2. The highest BCUT2D eigenvalue weighted by Crippen LogP contribution is 2.51. The van der Waals surface area contributed by atoms with Gasteiger partial charge in [0, 0.05) is 17.9 Å². The molecule has 9 heteroatoms. The predicted molar refractivity (Wildman–Crippen MR) is 71.0 cm³/mol. The number of rotatable bonds is 4. The fraction of sp³-hybridized carbons (Fsp3) is 0.429. The zero-order chi connectivity index (χ0) is 17.7. The Bertz CT molecular complexity index is 616. The number of hydrogen-bond acceptors (Lipinski definition) is 4. The van der Waals surface area contributed by atoms with Gasteiger partial charge in [0.2, 0.25) is 0 Å². The Morgan fingerprint density at radius 1 is 1.04 bits per heavy atom. The van der Waals surface area contributed by atoms with Crippen LogP contribution < -0.4 is 33.8 Å². The Kier molecular flexibility index (Phi) is 7.68. The molecule has 0 fully saturated rings. The van der Waals surface area contributed by atoms with Crippen LogP contribution in [0.1, 0.15) is 31.1 Å². The minimum Gasteiger partial charge on any atom is -0.286 e. The second-order valence-electron chi connectivity index (χ2n) is 4.74. The Labute approximate surface area is 140 Å². The number of benzene rings is 1. The molecule has 23 heavy (non-hydrogen) atoms. The molecule has 4 nitrogen and oxygen atoms in total. The topological polar surface area (TPSA) is 92.2 Å². The molecule has 1 atom stereocenters. The van der Waals surface area contributed by atoms with E-state index in [2.05, 4.69) is 6.92 Å². The first-order valence-corrected chi connectivity index (χ1v) is 11.5. The lowest BCUT2D eigenvalue weighted by Crippen LogP contribution is -4.29. The average Bonchev–Trinajstić information content (AvgIpc) is 2.75. The molecule has 0 aliphatic heterocycles. The van der Waals surface area contributed by atoms with E-state index in [0.29, 0.717) is 16.0 Å². The van der Waals surface area contributed by atoms with Crippen molar-refractivity contribution >= 4 is 20.6 Å². The van der Waals surface area contributed by atoms with E-state index in [0.717, 1.165) is 24.6 Å². The van der Waals surface area contributed by atoms with Crippen molar-refractivity contribution in [3.63, 3.8) is 0 Å². The summed E-state index contributed by atoms with van der Waals surface area (Å²) in [4.78, 5) is 0.553. The number of halogens is 4. The summed E-state index contributed by atoms with van der Waals surface area (Å²) in [6.07, 6.45) is 3.42. The summed E-state index contributed by atoms with van der Waals surface area (Å²) in [5, 5.41) is 0.740. The first kappa shape index (κ1) is 20.6. The summed E-state index contributed by atoms with van der Waals surface area (Å²) in [5.41, 5.74) is -4.15. The van der Waals surface area contributed by atoms with Crippen molar-refractivity contribution in [3.05, 3.63) is 35.2 Å². The van der Waals surface area contributed by atoms with Gasteiger partial charge < -0.3 is 0 Å². The van der Waals surface area contributed by atoms with E-state index in [9.17, 15) is 13.2 Å². The van der Waals surface area contributed by atoms with Crippen LogP contribution in [0.25, 0.3) is 10.1 Å². The number of thiophene rings is 1. The van der Waals surface area contributed by atoms with Crippen LogP contribution in [0.2, 0.25) is 0 Å². The van der Waals surface area contributed by atoms with Gasteiger partial charge in [-0.25, -0.2) is 0 Å². The van der Waals surface area contributed by atoms with E-state index in [1.165, 1.54) is 0 Å². The molecular weight excluding hydrogens is 448 g/mol. The fourth-order valence-electron chi connectivity index (χ4n) is 2.16. The van der Waals surface area contributed by atoms with Crippen molar-refractivity contribution in [2.24, 2.45) is 0 Å². The van der Waals surface area contributed by atoms with Gasteiger partial charge in [0.25, 0.3) is 0 Å². The third-order valence-electron chi connectivity index (χ3n) is 2.98. The van der Waals surface area contributed by atoms with Crippen LogP contribution in [0.15, 0.2) is 30.3 Å². The molecule has 0 amide bonds. The van der Waals surface area contributed by atoms with Crippen molar-refractivity contribution in [2.45, 2.75) is 38.1 Å². The maximum absolute atomic E-state index is 13.2. The maximum Gasteiger partial charge on any atom is 0.600 e. The van der Waals surface area contributed by atoms with Crippen LogP contribution in [0.3, 0.4) is 0 Å². The van der Waals surface area contributed by atoms with E-state index in [1.807, 2.05) is 0 Å². The van der Waals surface area contributed by atoms with Gasteiger partial charge in [0.05, 0.1) is 10.5 Å². The average molecular weight is 464 g/mol. The van der Waals surface area contributed by atoms with Crippen LogP contribution in [-0.2, 0) is 11.9 Å². The van der Waals surface area contributed by atoms with Crippen LogP contribution in [0.4, 0.5) is 13.2 Å². The van der Waals surface area contributed by atoms with Crippen molar-refractivity contribution in [2.75, 3.05) is 0 Å². The highest BCUT2D eigenvalue weighted by Gasteiger charge is 2.47. The zero-order valence-electron chi connectivity index (χ0n) is 12.3. The Morgan fingerprint density at radius 3 is 2.13 bits per heavy atom. The molecule has 0 aliphatic carbocycles. The number of aryl methyl sites for hydroxylation is 1. The lowest BCUT2D eigenvalue weighted by molar-refractivity contribution is -2.00. The number of fused-ring (bicyclic) bond motifs is 1. The van der Waals surface area contributed by atoms with Crippen LogP contribution in [-0.4, -0.2) is 0 Å². The summed E-state index contributed by atoms with van der Waals surface area (Å²) in [5.74, 6) is 0. The standard InChI is InChI=1S/C14H16F3S.IO4/c1-2-3-4-8-12-10-11-7-5-6-9-13(11)18(12)14(15,16)17;2-1(3,4)5/h5-7,9-10H,2-4,8H2,1H3;/q+1;-1. The molecule has 0 aliphatic rings. The SMILES string of the molecule is CCCCCc1cc2ccccc2[s+]1C(F)(F)F.[O-][I+3]([O-])([O-])[O-]. The van der Waals surface area contributed by atoms with Crippen molar-refractivity contribution in [1.82, 2.24) is 0 Å². The molecular formula is C14H16F3IO4S. The van der Waals surface area contributed by atoms with Crippen LogP contribution in [0.5, 0.6) is 0 Å². The maximum atomic E-state index is 13.2. The molecule has 2 aromatic rings. The van der Waals surface area contributed by atoms with Gasteiger partial charge in [-0.15, -0.1) is 13.2 Å². The van der Waals surface area contributed by atoms with E-state index < -0.39 is 36.1 Å². The van der Waals surface area contributed by atoms with Gasteiger partial charge in [0.1, 0.15) is 20.1 Å². The minimum atomic E-state index is -5.94. The Hall–Kier alpha value is -0.460. The first-order valence-electron chi connectivity index (χ1n) is 6.76. The summed E-state index contributed by atoms with van der Waals surface area (Å²) in [6, 6.07) is 8.60. The predicted octanol–water partition coefficient (Wildman–Crippen LogP) is -1.95. The van der Waals surface area contributed by atoms with Crippen molar-refractivity contribution in [1.29, 1.82) is 0 Å². The molecule has 0 saturated heterocycles. The largest absolute Gasteiger partial charge is 0.600 e. The molecule has 1 aromatic heterocycles. The monoisotopic (exact) mass is 464 g/mol. The van der Waals surface area contributed by atoms with E-state index in [1.54, 1.807) is 30.3 Å². The van der Waals surface area contributed by atoms with Gasteiger partial charge in [-0.3, -0.25) is 13.7 Å². The van der Waals surface area contributed by atoms with Crippen molar-refractivity contribution in [3.8, 4) is 0 Å². The lowest BCUT2D eigenvalue weighted by atomic mass is 10.1.